The van der Waals surface area contributed by atoms with Crippen molar-refractivity contribution in [2.75, 3.05) is 17.7 Å². The van der Waals surface area contributed by atoms with Crippen LogP contribution in [0.25, 0.3) is 11.3 Å². The number of aryl methyl sites for hydroxylation is 1. The molecule has 1 aliphatic rings. The van der Waals surface area contributed by atoms with E-state index in [0.717, 1.165) is 11.6 Å². The molecule has 12 heteroatoms. The Labute approximate surface area is 234 Å². The fraction of sp³-hybridized carbons (Fsp3) is 0.138. The van der Waals surface area contributed by atoms with E-state index >= 15 is 0 Å². The molecule has 0 fully saturated rings. The van der Waals surface area contributed by atoms with E-state index in [2.05, 4.69) is 30.6 Å². The third kappa shape index (κ3) is 6.67. The largest absolute Gasteiger partial charge is 0.416 e. The van der Waals surface area contributed by atoms with Gasteiger partial charge in [0.05, 0.1) is 22.6 Å². The lowest BCUT2D eigenvalue weighted by Crippen LogP contribution is -2.20. The molecule has 0 bridgehead atoms. The second-order valence-corrected chi connectivity index (χ2v) is 9.22. The van der Waals surface area contributed by atoms with Crippen molar-refractivity contribution in [2.24, 2.45) is 0 Å². The summed E-state index contributed by atoms with van der Waals surface area (Å²) in [6.07, 6.45) is 7.18. The summed E-state index contributed by atoms with van der Waals surface area (Å²) in [5.41, 5.74) is 1.69. The van der Waals surface area contributed by atoms with Gasteiger partial charge in [0.15, 0.2) is 0 Å². The first-order chi connectivity index (χ1) is 19.7. The van der Waals surface area contributed by atoms with Crippen LogP contribution in [0.5, 0.6) is 0 Å². The Bertz CT molecular complexity index is 1610. The molecular formula is C29H25F3N8O. The molecule has 5 rings (SSSR count). The number of carbonyl (C=O) groups excluding carboxylic acids is 1. The van der Waals surface area contributed by atoms with Gasteiger partial charge in [-0.3, -0.25) is 9.78 Å². The van der Waals surface area contributed by atoms with Crippen LogP contribution in [-0.2, 0) is 12.7 Å². The van der Waals surface area contributed by atoms with Crippen LogP contribution in [-0.4, -0.2) is 42.7 Å². The highest BCUT2D eigenvalue weighted by atomic mass is 19.4. The monoisotopic (exact) mass is 558 g/mol. The number of amides is 1. The van der Waals surface area contributed by atoms with E-state index in [9.17, 15) is 18.0 Å². The van der Waals surface area contributed by atoms with Gasteiger partial charge in [0.25, 0.3) is 5.91 Å². The molecule has 4 heterocycles. The summed E-state index contributed by atoms with van der Waals surface area (Å²) in [5.74, 6) is -0.176. The van der Waals surface area contributed by atoms with Crippen molar-refractivity contribution in [3.05, 3.63) is 114 Å². The SMILES string of the molecule is Cc1nc(NC(=O)c2ccc(CN3C=CN(C)C=C3)c(C(F)(F)F)c2)ccc1Nc1nccc(-c2cccnc2)n1. The van der Waals surface area contributed by atoms with E-state index in [4.69, 9.17) is 0 Å². The van der Waals surface area contributed by atoms with Gasteiger partial charge in [-0.25, -0.2) is 15.0 Å². The Morgan fingerprint density at radius 2 is 1.78 bits per heavy atom. The lowest BCUT2D eigenvalue weighted by molar-refractivity contribution is -0.138. The fourth-order valence-electron chi connectivity index (χ4n) is 4.07. The van der Waals surface area contributed by atoms with Gasteiger partial charge in [0.1, 0.15) is 5.82 Å². The van der Waals surface area contributed by atoms with Gasteiger partial charge in [0, 0.05) is 68.1 Å². The molecule has 0 saturated carbocycles. The molecule has 1 aromatic carbocycles. The van der Waals surface area contributed by atoms with Gasteiger partial charge in [-0.2, -0.15) is 13.2 Å². The molecule has 0 atom stereocenters. The number of pyridine rings is 2. The number of aromatic nitrogens is 4. The van der Waals surface area contributed by atoms with Crippen molar-refractivity contribution in [1.82, 2.24) is 29.7 Å². The zero-order valence-corrected chi connectivity index (χ0v) is 22.1. The number of carbonyl (C=O) groups is 1. The zero-order chi connectivity index (χ0) is 29.0. The Hall–Kier alpha value is -5.26. The predicted octanol–water partition coefficient (Wildman–Crippen LogP) is 5.95. The molecule has 1 amide bonds. The number of nitrogens with one attached hydrogen (secondary N) is 2. The number of anilines is 3. The molecule has 0 radical (unpaired) electrons. The molecule has 4 aromatic rings. The van der Waals surface area contributed by atoms with Crippen LogP contribution in [0.3, 0.4) is 0 Å². The van der Waals surface area contributed by atoms with Gasteiger partial charge in [-0.1, -0.05) is 6.07 Å². The summed E-state index contributed by atoms with van der Waals surface area (Å²) in [7, 11) is 1.82. The molecule has 3 aromatic heterocycles. The number of halogens is 3. The zero-order valence-electron chi connectivity index (χ0n) is 22.1. The number of hydrogen-bond donors (Lipinski definition) is 2. The molecule has 208 valence electrons. The molecule has 1 aliphatic heterocycles. The summed E-state index contributed by atoms with van der Waals surface area (Å²) in [6, 6.07) is 12.3. The van der Waals surface area contributed by atoms with E-state index in [0.29, 0.717) is 23.0 Å². The van der Waals surface area contributed by atoms with Crippen LogP contribution >= 0.6 is 0 Å². The van der Waals surface area contributed by atoms with Crippen molar-refractivity contribution >= 4 is 23.4 Å². The Kier molecular flexibility index (Phi) is 7.64. The van der Waals surface area contributed by atoms with E-state index in [-0.39, 0.29) is 23.5 Å². The van der Waals surface area contributed by atoms with Crippen molar-refractivity contribution in [3.63, 3.8) is 0 Å². The first kappa shape index (κ1) is 27.3. The minimum Gasteiger partial charge on any atom is -0.354 e. The van der Waals surface area contributed by atoms with E-state index in [1.807, 2.05) is 19.2 Å². The minimum atomic E-state index is -4.63. The van der Waals surface area contributed by atoms with Crippen molar-refractivity contribution < 1.29 is 18.0 Å². The van der Waals surface area contributed by atoms with Crippen molar-refractivity contribution in [2.45, 2.75) is 19.6 Å². The second-order valence-electron chi connectivity index (χ2n) is 9.22. The maximum atomic E-state index is 13.9. The minimum absolute atomic E-state index is 0.00164. The van der Waals surface area contributed by atoms with Gasteiger partial charge in [-0.15, -0.1) is 0 Å². The van der Waals surface area contributed by atoms with Crippen LogP contribution in [0, 0.1) is 6.92 Å². The van der Waals surface area contributed by atoms with E-state index < -0.39 is 17.6 Å². The third-order valence-corrected chi connectivity index (χ3v) is 6.20. The smallest absolute Gasteiger partial charge is 0.354 e. The summed E-state index contributed by atoms with van der Waals surface area (Å²) < 4.78 is 41.7. The number of hydrogen-bond acceptors (Lipinski definition) is 8. The fourth-order valence-corrected chi connectivity index (χ4v) is 4.07. The summed E-state index contributed by atoms with van der Waals surface area (Å²) in [4.78, 5) is 33.5. The molecule has 9 nitrogen and oxygen atoms in total. The summed E-state index contributed by atoms with van der Waals surface area (Å²) >= 11 is 0. The van der Waals surface area contributed by atoms with Crippen LogP contribution in [0.1, 0.15) is 27.2 Å². The van der Waals surface area contributed by atoms with Crippen LogP contribution in [0.4, 0.5) is 30.6 Å². The van der Waals surface area contributed by atoms with Crippen molar-refractivity contribution in [1.29, 1.82) is 0 Å². The van der Waals surface area contributed by atoms with Gasteiger partial charge in [-0.05, 0) is 55.0 Å². The summed E-state index contributed by atoms with van der Waals surface area (Å²) in [5, 5.41) is 5.69. The average molecular weight is 559 g/mol. The summed E-state index contributed by atoms with van der Waals surface area (Å²) in [6.45, 7) is 1.72. The van der Waals surface area contributed by atoms with Crippen LogP contribution in [0.2, 0.25) is 0 Å². The predicted molar refractivity (Wildman–Crippen MR) is 149 cm³/mol. The standard InChI is InChI=1S/C29H25F3N8O/c1-19-24(36-28-34-11-9-25(37-28)21-4-3-10-33-17-21)7-8-26(35-19)38-27(41)20-5-6-22(23(16-20)29(30,31)32)18-40-14-12-39(2)13-15-40/h3-17H,18H2,1-2H3,(H,34,36,37)(H,35,38,41). The average Bonchev–Trinajstić information content (AvgIpc) is 2.96. The lowest BCUT2D eigenvalue weighted by atomic mass is 10.0. The normalized spacial score (nSPS) is 12.9. The van der Waals surface area contributed by atoms with E-state index in [1.165, 1.54) is 12.1 Å². The van der Waals surface area contributed by atoms with Crippen molar-refractivity contribution in [3.8, 4) is 11.3 Å². The molecule has 0 spiro atoms. The quantitative estimate of drug-likeness (QED) is 0.287. The first-order valence-electron chi connectivity index (χ1n) is 12.5. The third-order valence-electron chi connectivity index (χ3n) is 6.20. The molecule has 2 N–H and O–H groups in total. The molecule has 0 aliphatic carbocycles. The number of nitrogens with zero attached hydrogens (tertiary/aromatic N) is 6. The second kappa shape index (κ2) is 11.5. The number of benzene rings is 1. The highest BCUT2D eigenvalue weighted by Gasteiger charge is 2.34. The number of rotatable bonds is 7. The molecule has 0 unspecified atom stereocenters. The molecule has 0 saturated heterocycles. The van der Waals surface area contributed by atoms with Crippen LogP contribution in [0.15, 0.2) is 91.9 Å². The van der Waals surface area contributed by atoms with Gasteiger partial charge >= 0.3 is 6.18 Å². The molecule has 41 heavy (non-hydrogen) atoms. The van der Waals surface area contributed by atoms with Crippen LogP contribution < -0.4 is 10.6 Å². The van der Waals surface area contributed by atoms with Gasteiger partial charge < -0.3 is 20.4 Å². The first-order valence-corrected chi connectivity index (χ1v) is 12.5. The Morgan fingerprint density at radius 1 is 0.976 bits per heavy atom. The Balaban J connectivity index is 1.30. The maximum absolute atomic E-state index is 13.9. The highest BCUT2D eigenvalue weighted by molar-refractivity contribution is 6.04. The number of alkyl halides is 3. The van der Waals surface area contributed by atoms with Gasteiger partial charge in [0.2, 0.25) is 5.95 Å². The highest BCUT2D eigenvalue weighted by Crippen LogP contribution is 2.34. The molecular weight excluding hydrogens is 533 g/mol. The lowest BCUT2D eigenvalue weighted by Gasteiger charge is -2.24. The van der Waals surface area contributed by atoms with E-state index in [1.54, 1.807) is 78.3 Å². The Morgan fingerprint density at radius 3 is 2.49 bits per heavy atom. The maximum Gasteiger partial charge on any atom is 0.416 e. The topological polar surface area (TPSA) is 99.2 Å².